The summed E-state index contributed by atoms with van der Waals surface area (Å²) in [4.78, 5) is 22.0. The fourth-order valence-electron chi connectivity index (χ4n) is 2.73. The van der Waals surface area contributed by atoms with E-state index in [0.717, 1.165) is 43.2 Å². The molecule has 0 N–H and O–H groups in total. The van der Waals surface area contributed by atoms with Crippen molar-refractivity contribution in [2.75, 3.05) is 18.0 Å². The van der Waals surface area contributed by atoms with Crippen LogP contribution in [0, 0.1) is 5.92 Å². The van der Waals surface area contributed by atoms with Gasteiger partial charge in [0.1, 0.15) is 11.0 Å². The molecular weight excluding hydrogens is 358 g/mol. The minimum Gasteiger partial charge on any atom is -0.545 e. The number of rotatable bonds is 5. The second kappa shape index (κ2) is 8.06. The number of thioether (sulfide) groups is 1. The molecule has 1 fully saturated rings. The third kappa shape index (κ3) is 4.86. The van der Waals surface area contributed by atoms with Crippen LogP contribution in [0.2, 0.25) is 5.15 Å². The zero-order chi connectivity index (χ0) is 17.8. The van der Waals surface area contributed by atoms with E-state index >= 15 is 0 Å². The maximum atomic E-state index is 10.8. The summed E-state index contributed by atoms with van der Waals surface area (Å²) in [5.74, 6) is 1.11. The number of hydrogen-bond donors (Lipinski definition) is 0. The molecule has 1 aliphatic heterocycles. The van der Waals surface area contributed by atoms with Crippen LogP contribution in [0.3, 0.4) is 0 Å². The Morgan fingerprint density at radius 3 is 2.60 bits per heavy atom. The molecule has 0 atom stereocenters. The Balaban J connectivity index is 1.67. The van der Waals surface area contributed by atoms with Gasteiger partial charge >= 0.3 is 0 Å². The monoisotopic (exact) mass is 376 g/mol. The first kappa shape index (κ1) is 18.0. The quantitative estimate of drug-likeness (QED) is 0.454. The lowest BCUT2D eigenvalue weighted by Crippen LogP contribution is -2.33. The Kier molecular flexibility index (Phi) is 5.81. The van der Waals surface area contributed by atoms with Crippen LogP contribution in [0.1, 0.15) is 35.7 Å². The number of halogens is 1. The minimum atomic E-state index is -1.17. The van der Waals surface area contributed by atoms with Gasteiger partial charge in [-0.2, -0.15) is 0 Å². The van der Waals surface area contributed by atoms with E-state index in [4.69, 9.17) is 11.6 Å². The Hall–Kier alpha value is -1.79. The summed E-state index contributed by atoms with van der Waals surface area (Å²) in [6.07, 6.45) is 2.32. The molecule has 132 valence electrons. The van der Waals surface area contributed by atoms with Crippen LogP contribution >= 0.6 is 23.4 Å². The Bertz CT molecular complexity index is 746. The lowest BCUT2D eigenvalue weighted by Gasteiger charge is -2.31. The van der Waals surface area contributed by atoms with Gasteiger partial charge in [-0.15, -0.1) is 0 Å². The number of hydrogen-bond acceptors (Lipinski definition) is 6. The van der Waals surface area contributed by atoms with E-state index in [1.54, 1.807) is 24.3 Å². The van der Waals surface area contributed by atoms with Crippen molar-refractivity contribution in [1.82, 2.24) is 9.97 Å². The molecule has 3 rings (SSSR count). The zero-order valence-electron chi connectivity index (χ0n) is 13.9. The van der Waals surface area contributed by atoms with E-state index in [1.165, 1.54) is 11.8 Å². The van der Waals surface area contributed by atoms with E-state index in [9.17, 15) is 9.90 Å². The second-order valence-electron chi connectivity index (χ2n) is 6.27. The molecule has 0 saturated carbocycles. The molecule has 1 aromatic heterocycles. The number of carbonyl (C=O) groups is 1. The van der Waals surface area contributed by atoms with E-state index in [-0.39, 0.29) is 5.56 Å². The number of piperidine rings is 1. The molecule has 0 aliphatic carbocycles. The number of carboxylic acid groups (broad SMARTS) is 1. The molecule has 1 aromatic carbocycles. The van der Waals surface area contributed by atoms with Crippen molar-refractivity contribution in [2.45, 2.75) is 30.7 Å². The van der Waals surface area contributed by atoms with Crippen LogP contribution in [0.15, 0.2) is 35.5 Å². The molecule has 0 bridgehead atoms. The molecule has 2 aromatic rings. The predicted octanol–water partition coefficient (Wildman–Crippen LogP) is 3.02. The van der Waals surface area contributed by atoms with E-state index in [1.807, 2.05) is 6.07 Å². The first-order valence-corrected chi connectivity index (χ1v) is 9.60. The van der Waals surface area contributed by atoms with Crippen molar-refractivity contribution < 1.29 is 9.90 Å². The molecule has 1 aliphatic rings. The second-order valence-corrected chi connectivity index (χ2v) is 7.60. The summed E-state index contributed by atoms with van der Waals surface area (Å²) in [5.41, 5.74) is 1.17. The fourth-order valence-corrected chi connectivity index (χ4v) is 3.77. The van der Waals surface area contributed by atoms with Gasteiger partial charge in [0.25, 0.3) is 0 Å². The van der Waals surface area contributed by atoms with E-state index < -0.39 is 5.97 Å². The van der Waals surface area contributed by atoms with Crippen LogP contribution in [-0.2, 0) is 5.75 Å². The van der Waals surface area contributed by atoms with Gasteiger partial charge in [0.2, 0.25) is 0 Å². The van der Waals surface area contributed by atoms with E-state index in [0.29, 0.717) is 16.1 Å². The summed E-state index contributed by atoms with van der Waals surface area (Å²) < 4.78 is 0. The third-order valence-electron chi connectivity index (χ3n) is 4.33. The molecule has 0 spiro atoms. The van der Waals surface area contributed by atoms with Gasteiger partial charge in [-0.3, -0.25) is 0 Å². The molecule has 2 heterocycles. The number of carboxylic acids is 1. The van der Waals surface area contributed by atoms with Crippen molar-refractivity contribution in [3.8, 4) is 0 Å². The van der Waals surface area contributed by atoms with Crippen molar-refractivity contribution in [3.63, 3.8) is 0 Å². The Morgan fingerprint density at radius 1 is 1.28 bits per heavy atom. The molecule has 7 heteroatoms. The first-order valence-electron chi connectivity index (χ1n) is 8.24. The largest absolute Gasteiger partial charge is 0.545 e. The maximum absolute atomic E-state index is 10.8. The van der Waals surface area contributed by atoms with Gasteiger partial charge in [-0.25, -0.2) is 9.97 Å². The molecule has 0 radical (unpaired) electrons. The standard InChI is InChI=1S/C18H20ClN3O2S/c1-12-6-8-22(9-7-12)16-10-15(19)20-18(21-16)25-11-13-2-4-14(5-3-13)17(23)24/h2-5,10,12H,6-9,11H2,1H3,(H,23,24)/p-1. The third-order valence-corrected chi connectivity index (χ3v) is 5.44. The smallest absolute Gasteiger partial charge is 0.191 e. The van der Waals surface area contributed by atoms with Gasteiger partial charge in [-0.1, -0.05) is 54.6 Å². The van der Waals surface area contributed by atoms with Gasteiger partial charge < -0.3 is 14.8 Å². The van der Waals surface area contributed by atoms with Gasteiger partial charge in [0.15, 0.2) is 5.16 Å². The fraction of sp³-hybridized carbons (Fsp3) is 0.389. The summed E-state index contributed by atoms with van der Waals surface area (Å²) >= 11 is 7.66. The highest BCUT2D eigenvalue weighted by molar-refractivity contribution is 7.98. The summed E-state index contributed by atoms with van der Waals surface area (Å²) in [6, 6.07) is 8.45. The van der Waals surface area contributed by atoms with Crippen LogP contribution in [-0.4, -0.2) is 29.0 Å². The highest BCUT2D eigenvalue weighted by Crippen LogP contribution is 2.27. The minimum absolute atomic E-state index is 0.175. The van der Waals surface area contributed by atoms with Crippen molar-refractivity contribution >= 4 is 35.1 Å². The van der Waals surface area contributed by atoms with Crippen LogP contribution in [0.5, 0.6) is 0 Å². The summed E-state index contributed by atoms with van der Waals surface area (Å²) in [7, 11) is 0. The van der Waals surface area contributed by atoms with Crippen molar-refractivity contribution in [3.05, 3.63) is 46.6 Å². The van der Waals surface area contributed by atoms with Gasteiger partial charge in [0.05, 0.1) is 5.97 Å². The lowest BCUT2D eigenvalue weighted by molar-refractivity contribution is -0.255. The van der Waals surface area contributed by atoms with Gasteiger partial charge in [-0.05, 0) is 29.9 Å². The topological polar surface area (TPSA) is 69.2 Å². The van der Waals surface area contributed by atoms with E-state index in [2.05, 4.69) is 21.8 Å². The number of aromatic carboxylic acids is 1. The Morgan fingerprint density at radius 2 is 1.96 bits per heavy atom. The molecule has 1 saturated heterocycles. The first-order chi connectivity index (χ1) is 12.0. The molecular formula is C18H19ClN3O2S-. The number of benzene rings is 1. The van der Waals surface area contributed by atoms with Crippen LogP contribution in [0.25, 0.3) is 0 Å². The maximum Gasteiger partial charge on any atom is 0.191 e. The highest BCUT2D eigenvalue weighted by atomic mass is 35.5. The number of aromatic nitrogens is 2. The number of carbonyl (C=O) groups excluding carboxylic acids is 1. The summed E-state index contributed by atoms with van der Waals surface area (Å²) in [5, 5.41) is 11.9. The van der Waals surface area contributed by atoms with Crippen molar-refractivity contribution in [2.24, 2.45) is 5.92 Å². The van der Waals surface area contributed by atoms with Crippen LogP contribution < -0.4 is 10.0 Å². The SMILES string of the molecule is CC1CCN(c2cc(Cl)nc(SCc3ccc(C(=O)[O-])cc3)n2)CC1. The molecule has 0 unspecified atom stereocenters. The lowest BCUT2D eigenvalue weighted by atomic mass is 9.99. The highest BCUT2D eigenvalue weighted by Gasteiger charge is 2.18. The average Bonchev–Trinajstić information content (AvgIpc) is 2.60. The molecule has 25 heavy (non-hydrogen) atoms. The zero-order valence-corrected chi connectivity index (χ0v) is 15.5. The average molecular weight is 377 g/mol. The van der Waals surface area contributed by atoms with Crippen molar-refractivity contribution in [1.29, 1.82) is 0 Å². The Labute approximate surface area is 156 Å². The van der Waals surface area contributed by atoms with Crippen LogP contribution in [0.4, 0.5) is 5.82 Å². The van der Waals surface area contributed by atoms with Gasteiger partial charge in [0, 0.05) is 24.9 Å². The number of nitrogens with zero attached hydrogens (tertiary/aromatic N) is 3. The summed E-state index contributed by atoms with van der Waals surface area (Å²) in [6.45, 7) is 4.25. The predicted molar refractivity (Wildman–Crippen MR) is 98.0 cm³/mol. The molecule has 5 nitrogen and oxygen atoms in total. The normalized spacial score (nSPS) is 15.4. The number of anilines is 1. The molecule has 0 amide bonds.